The van der Waals surface area contributed by atoms with Crippen LogP contribution in [0.15, 0.2) is 26.3 Å². The van der Waals surface area contributed by atoms with Crippen molar-refractivity contribution in [2.45, 2.75) is 76.6 Å². The lowest BCUT2D eigenvalue weighted by atomic mass is 9.85. The predicted octanol–water partition coefficient (Wildman–Crippen LogP) is 5.83. The van der Waals surface area contributed by atoms with E-state index in [9.17, 15) is 13.5 Å². The number of thiophene rings is 1. The third-order valence-corrected chi connectivity index (χ3v) is 12.0. The van der Waals surface area contributed by atoms with Crippen molar-refractivity contribution >= 4 is 50.4 Å². The zero-order valence-corrected chi connectivity index (χ0v) is 29.0. The summed E-state index contributed by atoms with van der Waals surface area (Å²) in [6, 6.07) is 1.92. The van der Waals surface area contributed by atoms with Crippen LogP contribution in [-0.2, 0) is 16.4 Å². The summed E-state index contributed by atoms with van der Waals surface area (Å²) in [5, 5.41) is 19.0. The number of rotatable bonds is 12. The number of unbranched alkanes of at least 4 members (excludes halogenated alkanes) is 1. The predicted molar refractivity (Wildman–Crippen MR) is 175 cm³/mol. The number of nitrogens with one attached hydrogen (secondary N) is 2. The third-order valence-electron chi connectivity index (χ3n) is 7.90. The van der Waals surface area contributed by atoms with Crippen LogP contribution in [0.3, 0.4) is 0 Å². The van der Waals surface area contributed by atoms with Crippen molar-refractivity contribution in [3.8, 4) is 5.75 Å². The third kappa shape index (κ3) is 8.28. The number of aryl methyl sites for hydroxylation is 1. The minimum Gasteiger partial charge on any atom is -0.504 e. The van der Waals surface area contributed by atoms with Gasteiger partial charge in [0.1, 0.15) is 5.76 Å². The molecular formula is C29H47N7O4S3. The lowest BCUT2D eigenvalue weighted by molar-refractivity contribution is 0.152. The fraction of sp³-hybridized carbons (Fsp3) is 0.655. The van der Waals surface area contributed by atoms with E-state index in [4.69, 9.17) is 4.42 Å². The van der Waals surface area contributed by atoms with E-state index >= 15 is 0 Å². The summed E-state index contributed by atoms with van der Waals surface area (Å²) in [6.45, 7) is 17.5. The van der Waals surface area contributed by atoms with Crippen molar-refractivity contribution in [2.75, 3.05) is 57.5 Å². The van der Waals surface area contributed by atoms with Crippen molar-refractivity contribution in [3.63, 3.8) is 0 Å². The molecule has 43 heavy (non-hydrogen) atoms. The summed E-state index contributed by atoms with van der Waals surface area (Å²) in [4.78, 5) is 4.93. The lowest BCUT2D eigenvalue weighted by Gasteiger charge is -2.32. The van der Waals surface area contributed by atoms with E-state index in [1.54, 1.807) is 26.2 Å². The Balaban J connectivity index is 1.42. The van der Waals surface area contributed by atoms with Gasteiger partial charge in [0.25, 0.3) is 10.0 Å². The molecule has 14 heteroatoms. The average Bonchev–Trinajstić information content (AvgIpc) is 3.66. The maximum atomic E-state index is 13.2. The Morgan fingerprint density at radius 1 is 1.09 bits per heavy atom. The minimum absolute atomic E-state index is 0.121. The fourth-order valence-electron chi connectivity index (χ4n) is 4.85. The molecule has 1 saturated heterocycles. The lowest BCUT2D eigenvalue weighted by Crippen LogP contribution is -2.44. The quantitative estimate of drug-likeness (QED) is 0.206. The Morgan fingerprint density at radius 3 is 2.42 bits per heavy atom. The first-order valence-corrected chi connectivity index (χ1v) is 17.8. The highest BCUT2D eigenvalue weighted by Crippen LogP contribution is 2.43. The van der Waals surface area contributed by atoms with Crippen molar-refractivity contribution in [2.24, 2.45) is 5.41 Å². The van der Waals surface area contributed by atoms with E-state index in [0.29, 0.717) is 11.6 Å². The zero-order chi connectivity index (χ0) is 31.6. The molecule has 3 aromatic heterocycles. The normalized spacial score (nSPS) is 16.6. The van der Waals surface area contributed by atoms with Crippen molar-refractivity contribution in [1.82, 2.24) is 22.9 Å². The summed E-state index contributed by atoms with van der Waals surface area (Å²) < 4.78 is 42.4. The smallest absolute Gasteiger partial charge is 0.256 e. The second kappa shape index (κ2) is 13.4. The molecule has 0 aliphatic carbocycles. The number of anilines is 3. The molecule has 240 valence electrons. The number of nitrogens with zero attached hydrogens (tertiary/aromatic N) is 5. The number of likely N-dealkylation sites (N-methyl/N-ethyl adjacent to an activating group) is 1. The van der Waals surface area contributed by atoms with Gasteiger partial charge in [0.05, 0.1) is 29.7 Å². The molecule has 0 saturated carbocycles. The maximum absolute atomic E-state index is 13.2. The number of hydrogen-bond acceptors (Lipinski definition) is 12. The topological polar surface area (TPSA) is 127 Å². The number of furan rings is 1. The average molecular weight is 654 g/mol. The van der Waals surface area contributed by atoms with Crippen LogP contribution in [0.4, 0.5) is 17.3 Å². The number of aromatic hydroxyl groups is 1. The summed E-state index contributed by atoms with van der Waals surface area (Å²) in [5.41, 5.74) is 0.569. The molecule has 0 amide bonds. The van der Waals surface area contributed by atoms with E-state index in [1.807, 2.05) is 6.26 Å². The molecule has 0 bridgehead atoms. The highest BCUT2D eigenvalue weighted by Gasteiger charge is 2.35. The van der Waals surface area contributed by atoms with Crippen molar-refractivity contribution in [3.05, 3.63) is 29.0 Å². The van der Waals surface area contributed by atoms with Gasteiger partial charge in [0.2, 0.25) is 0 Å². The van der Waals surface area contributed by atoms with Crippen molar-refractivity contribution < 1.29 is 17.9 Å². The first-order chi connectivity index (χ1) is 20.1. The number of aromatic nitrogens is 2. The highest BCUT2D eigenvalue weighted by molar-refractivity contribution is 7.91. The summed E-state index contributed by atoms with van der Waals surface area (Å²) in [6.07, 6.45) is 5.09. The molecule has 0 radical (unpaired) electrons. The Labute approximate surface area is 264 Å². The van der Waals surface area contributed by atoms with Crippen molar-refractivity contribution in [1.29, 1.82) is 0 Å². The second-order valence-electron chi connectivity index (χ2n) is 13.4. The van der Waals surface area contributed by atoms with Crippen LogP contribution in [0.1, 0.15) is 71.7 Å². The number of piperazine rings is 1. The van der Waals surface area contributed by atoms with E-state index in [1.165, 1.54) is 16.9 Å². The Kier molecular flexibility index (Phi) is 10.5. The van der Waals surface area contributed by atoms with Gasteiger partial charge < -0.3 is 30.0 Å². The van der Waals surface area contributed by atoms with Gasteiger partial charge in [-0.1, -0.05) is 20.8 Å². The van der Waals surface area contributed by atoms with Gasteiger partial charge in [0.15, 0.2) is 21.6 Å². The number of sulfonamides is 1. The first-order valence-electron chi connectivity index (χ1n) is 14.7. The molecule has 0 aromatic carbocycles. The van der Waals surface area contributed by atoms with Gasteiger partial charge in [-0.15, -0.1) is 11.3 Å². The van der Waals surface area contributed by atoms with Crippen LogP contribution in [0, 0.1) is 5.41 Å². The van der Waals surface area contributed by atoms with Crippen LogP contribution in [-0.4, -0.2) is 88.7 Å². The van der Waals surface area contributed by atoms with Crippen LogP contribution in [0.2, 0.25) is 0 Å². The number of hydrogen-bond donors (Lipinski definition) is 3. The molecule has 0 spiro atoms. The standard InChI is InChI=1S/C29H47N7O4S3/c1-28(2,3)24(22-17-20(18-40-22)11-9-10-12-36-15-13-34(7)14-16-36)31-26-25(32-42-33-26)30-21-19-41-27(23(21)37)43(38,39)35(8)29(4,5)6/h17-19,24,37H,9-16H2,1-8H3,(H,30,32)(H,31,33)/t24-/m0/s1. The van der Waals surface area contributed by atoms with Crippen LogP contribution in [0.5, 0.6) is 5.75 Å². The van der Waals surface area contributed by atoms with Gasteiger partial charge >= 0.3 is 0 Å². The molecule has 4 heterocycles. The van der Waals surface area contributed by atoms with Gasteiger partial charge in [-0.2, -0.15) is 13.1 Å². The molecule has 11 nitrogen and oxygen atoms in total. The van der Waals surface area contributed by atoms with Gasteiger partial charge in [-0.3, -0.25) is 0 Å². The molecule has 0 unspecified atom stereocenters. The maximum Gasteiger partial charge on any atom is 0.256 e. The summed E-state index contributed by atoms with van der Waals surface area (Å²) >= 11 is 1.99. The summed E-state index contributed by atoms with van der Waals surface area (Å²) in [5.74, 6) is 1.38. The van der Waals surface area contributed by atoms with Crippen LogP contribution >= 0.6 is 23.1 Å². The molecule has 1 aliphatic heterocycles. The zero-order valence-electron chi connectivity index (χ0n) is 26.6. The molecule has 1 fully saturated rings. The fourth-order valence-corrected chi connectivity index (χ4v) is 8.23. The van der Waals surface area contributed by atoms with Gasteiger partial charge in [0, 0.05) is 44.1 Å². The molecule has 3 N–H and O–H groups in total. The molecule has 4 rings (SSSR count). The van der Waals surface area contributed by atoms with E-state index in [-0.39, 0.29) is 27.1 Å². The Bertz CT molecular complexity index is 1440. The molecular weight excluding hydrogens is 607 g/mol. The molecule has 3 aromatic rings. The Hall–Kier alpha value is -2.23. The van der Waals surface area contributed by atoms with Gasteiger partial charge in [-0.25, -0.2) is 8.42 Å². The summed E-state index contributed by atoms with van der Waals surface area (Å²) in [7, 11) is -0.196. The van der Waals surface area contributed by atoms with Crippen LogP contribution in [0.25, 0.3) is 0 Å². The highest BCUT2D eigenvalue weighted by atomic mass is 32.2. The minimum atomic E-state index is -3.89. The second-order valence-corrected chi connectivity index (χ2v) is 17.0. The van der Waals surface area contributed by atoms with E-state index < -0.39 is 15.6 Å². The SMILES string of the molecule is CN1CCN(CCCCc2coc([C@H](Nc3nsnc3Nc3csc(S(=O)(=O)N(C)C(C)(C)C)c3O)C(C)(C)C)c2)CC1. The van der Waals surface area contributed by atoms with E-state index in [2.05, 4.69) is 63.1 Å². The van der Waals surface area contributed by atoms with Gasteiger partial charge in [-0.05, 0) is 70.7 Å². The monoisotopic (exact) mass is 653 g/mol. The van der Waals surface area contributed by atoms with Crippen LogP contribution < -0.4 is 10.6 Å². The molecule has 1 aliphatic rings. The Morgan fingerprint density at radius 2 is 1.77 bits per heavy atom. The first kappa shape index (κ1) is 33.7. The van der Waals surface area contributed by atoms with E-state index in [0.717, 1.165) is 80.8 Å². The largest absolute Gasteiger partial charge is 0.504 e. The molecule has 1 atom stereocenters.